The number of anilines is 1. The number of hydrogen-bond donors (Lipinski definition) is 0. The van der Waals surface area contributed by atoms with Gasteiger partial charge in [-0.3, -0.25) is 14.8 Å². The van der Waals surface area contributed by atoms with Gasteiger partial charge in [-0.2, -0.15) is 5.10 Å². The predicted molar refractivity (Wildman–Crippen MR) is 119 cm³/mol. The fourth-order valence-corrected chi connectivity index (χ4v) is 4.43. The fraction of sp³-hybridized carbons (Fsp3) is 0.636. The van der Waals surface area contributed by atoms with E-state index in [9.17, 15) is 14.9 Å². The van der Waals surface area contributed by atoms with E-state index in [1.54, 1.807) is 11.0 Å². The molecule has 0 radical (unpaired) electrons. The number of carbonyl (C=O) groups excluding carboxylic acids is 1. The second kappa shape index (κ2) is 8.36. The van der Waals surface area contributed by atoms with Gasteiger partial charge >= 0.3 is 6.09 Å². The van der Waals surface area contributed by atoms with Crippen molar-refractivity contribution in [3.05, 3.63) is 28.4 Å². The van der Waals surface area contributed by atoms with E-state index in [2.05, 4.69) is 4.90 Å². The predicted octanol–water partition coefficient (Wildman–Crippen LogP) is 4.51. The molecule has 1 aromatic heterocycles. The SMILES string of the molecule is CC(C)(C)OC(=O)N1CCC(n2cc3cc([N+](=O)[O-])c(N4CCCCC4)cc3n2)CC1. The fourth-order valence-electron chi connectivity index (χ4n) is 4.43. The van der Waals surface area contributed by atoms with Gasteiger partial charge < -0.3 is 14.5 Å². The minimum atomic E-state index is -0.506. The van der Waals surface area contributed by atoms with Crippen molar-refractivity contribution in [1.82, 2.24) is 14.7 Å². The Kier molecular flexibility index (Phi) is 5.77. The highest BCUT2D eigenvalue weighted by molar-refractivity contribution is 5.87. The van der Waals surface area contributed by atoms with E-state index in [4.69, 9.17) is 9.84 Å². The summed E-state index contributed by atoms with van der Waals surface area (Å²) in [4.78, 5) is 27.6. The summed E-state index contributed by atoms with van der Waals surface area (Å²) in [6.45, 7) is 8.50. The van der Waals surface area contributed by atoms with Crippen molar-refractivity contribution in [2.45, 2.75) is 64.5 Å². The van der Waals surface area contributed by atoms with Gasteiger partial charge in [-0.05, 0) is 58.9 Å². The van der Waals surface area contributed by atoms with Crippen molar-refractivity contribution in [3.8, 4) is 0 Å². The van der Waals surface area contributed by atoms with Crippen LogP contribution in [0.25, 0.3) is 10.9 Å². The van der Waals surface area contributed by atoms with Gasteiger partial charge in [0.15, 0.2) is 0 Å². The molecule has 2 aliphatic heterocycles. The molecule has 168 valence electrons. The zero-order chi connectivity index (χ0) is 22.2. The Morgan fingerprint density at radius 2 is 1.81 bits per heavy atom. The molecule has 0 aliphatic carbocycles. The van der Waals surface area contributed by atoms with Gasteiger partial charge in [-0.15, -0.1) is 0 Å². The molecule has 31 heavy (non-hydrogen) atoms. The number of hydrogen-bond acceptors (Lipinski definition) is 6. The minimum absolute atomic E-state index is 0.147. The maximum atomic E-state index is 12.3. The van der Waals surface area contributed by atoms with Crippen LogP contribution in [-0.2, 0) is 4.74 Å². The molecule has 1 aromatic carbocycles. The molecule has 2 aliphatic rings. The lowest BCUT2D eigenvalue weighted by Gasteiger charge is -2.33. The van der Waals surface area contributed by atoms with Gasteiger partial charge in [0, 0.05) is 43.8 Å². The number of rotatable bonds is 3. The maximum Gasteiger partial charge on any atom is 0.410 e. The molecule has 1 amide bonds. The Morgan fingerprint density at radius 3 is 2.42 bits per heavy atom. The van der Waals surface area contributed by atoms with E-state index in [0.29, 0.717) is 18.8 Å². The second-order valence-corrected chi connectivity index (χ2v) is 9.51. The van der Waals surface area contributed by atoms with Gasteiger partial charge in [-0.25, -0.2) is 4.79 Å². The van der Waals surface area contributed by atoms with Crippen LogP contribution in [0.3, 0.4) is 0 Å². The summed E-state index contributed by atoms with van der Waals surface area (Å²) in [7, 11) is 0. The van der Waals surface area contributed by atoms with Crippen LogP contribution in [0.5, 0.6) is 0 Å². The Labute approximate surface area is 182 Å². The standard InChI is InChI=1S/C22H31N5O4/c1-22(2,3)31-21(28)25-11-7-17(8-12-25)26-15-16-13-20(27(29)30)19(14-18(16)23-26)24-9-5-4-6-10-24/h13-15,17H,4-12H2,1-3H3. The number of likely N-dealkylation sites (tertiary alicyclic amines) is 1. The topological polar surface area (TPSA) is 93.7 Å². The summed E-state index contributed by atoms with van der Waals surface area (Å²) in [5.41, 5.74) is 1.09. The first-order valence-electron chi connectivity index (χ1n) is 11.1. The van der Waals surface area contributed by atoms with Crippen molar-refractivity contribution in [3.63, 3.8) is 0 Å². The van der Waals surface area contributed by atoms with Gasteiger partial charge in [0.25, 0.3) is 5.69 Å². The number of nitrogens with zero attached hydrogens (tertiary/aromatic N) is 5. The smallest absolute Gasteiger partial charge is 0.410 e. The first kappa shape index (κ1) is 21.4. The van der Waals surface area contributed by atoms with Crippen molar-refractivity contribution in [2.24, 2.45) is 0 Å². The van der Waals surface area contributed by atoms with Gasteiger partial charge in [0.1, 0.15) is 11.3 Å². The number of fused-ring (bicyclic) bond motifs is 1. The normalized spacial score (nSPS) is 18.4. The van der Waals surface area contributed by atoms with E-state index >= 15 is 0 Å². The van der Waals surface area contributed by atoms with Crippen LogP contribution >= 0.6 is 0 Å². The van der Waals surface area contributed by atoms with E-state index in [1.165, 1.54) is 6.42 Å². The van der Waals surface area contributed by atoms with Crippen molar-refractivity contribution in [2.75, 3.05) is 31.1 Å². The maximum absolute atomic E-state index is 12.3. The Bertz CT molecular complexity index is 966. The summed E-state index contributed by atoms with van der Waals surface area (Å²) < 4.78 is 7.39. The third-order valence-corrected chi connectivity index (χ3v) is 6.00. The first-order chi connectivity index (χ1) is 14.7. The highest BCUT2D eigenvalue weighted by Crippen LogP contribution is 2.35. The van der Waals surface area contributed by atoms with Crippen molar-refractivity contribution < 1.29 is 14.5 Å². The molecule has 0 saturated carbocycles. The molecule has 0 unspecified atom stereocenters. The summed E-state index contributed by atoms with van der Waals surface area (Å²) in [5.74, 6) is 0. The van der Waals surface area contributed by atoms with E-state index < -0.39 is 5.60 Å². The molecule has 0 atom stereocenters. The largest absolute Gasteiger partial charge is 0.444 e. The summed E-state index contributed by atoms with van der Waals surface area (Å²) in [5, 5.41) is 17.3. The van der Waals surface area contributed by atoms with Crippen LogP contribution in [0, 0.1) is 10.1 Å². The number of piperidine rings is 2. The third kappa shape index (κ3) is 4.75. The molecule has 2 aromatic rings. The molecule has 2 fully saturated rings. The van der Waals surface area contributed by atoms with Crippen LogP contribution in [0.4, 0.5) is 16.2 Å². The minimum Gasteiger partial charge on any atom is -0.444 e. The average molecular weight is 430 g/mol. The molecule has 4 rings (SSSR count). The molecule has 0 N–H and O–H groups in total. The third-order valence-electron chi connectivity index (χ3n) is 6.00. The van der Waals surface area contributed by atoms with Crippen molar-refractivity contribution in [1.29, 1.82) is 0 Å². The van der Waals surface area contributed by atoms with Gasteiger partial charge in [0.2, 0.25) is 0 Å². The number of ether oxygens (including phenoxy) is 1. The van der Waals surface area contributed by atoms with Crippen LogP contribution in [0.2, 0.25) is 0 Å². The molecule has 9 nitrogen and oxygen atoms in total. The lowest BCUT2D eigenvalue weighted by atomic mass is 10.1. The van der Waals surface area contributed by atoms with Crippen LogP contribution in [-0.4, -0.2) is 57.5 Å². The number of amides is 1. The lowest BCUT2D eigenvalue weighted by Crippen LogP contribution is -2.42. The molecule has 2 saturated heterocycles. The van der Waals surface area contributed by atoms with Crippen LogP contribution < -0.4 is 4.90 Å². The highest BCUT2D eigenvalue weighted by Gasteiger charge is 2.29. The second-order valence-electron chi connectivity index (χ2n) is 9.51. The number of benzene rings is 1. The van der Waals surface area contributed by atoms with E-state index in [-0.39, 0.29) is 22.7 Å². The molecular weight excluding hydrogens is 398 g/mol. The highest BCUT2D eigenvalue weighted by atomic mass is 16.6. The quantitative estimate of drug-likeness (QED) is 0.526. The van der Waals surface area contributed by atoms with E-state index in [0.717, 1.165) is 49.7 Å². The zero-order valence-electron chi connectivity index (χ0n) is 18.5. The number of nitro benzene ring substituents is 1. The summed E-state index contributed by atoms with van der Waals surface area (Å²) >= 11 is 0. The zero-order valence-corrected chi connectivity index (χ0v) is 18.5. The number of nitro groups is 1. The van der Waals surface area contributed by atoms with Gasteiger partial charge in [0.05, 0.1) is 16.5 Å². The summed E-state index contributed by atoms with van der Waals surface area (Å²) in [6, 6.07) is 3.67. The summed E-state index contributed by atoms with van der Waals surface area (Å²) in [6.07, 6.45) is 6.44. The van der Waals surface area contributed by atoms with Crippen LogP contribution in [0.1, 0.15) is 58.9 Å². The molecule has 0 bridgehead atoms. The van der Waals surface area contributed by atoms with Gasteiger partial charge in [-0.1, -0.05) is 0 Å². The number of aromatic nitrogens is 2. The van der Waals surface area contributed by atoms with Crippen molar-refractivity contribution >= 4 is 28.4 Å². The van der Waals surface area contributed by atoms with Crippen LogP contribution in [0.15, 0.2) is 18.3 Å². The molecule has 0 spiro atoms. The number of carbonyl (C=O) groups is 1. The average Bonchev–Trinajstić information content (AvgIpc) is 3.15. The van der Waals surface area contributed by atoms with E-state index in [1.807, 2.05) is 37.7 Å². The molecular formula is C22H31N5O4. The lowest BCUT2D eigenvalue weighted by molar-refractivity contribution is -0.384. The molecule has 3 heterocycles. The Hall–Kier alpha value is -2.84. The Morgan fingerprint density at radius 1 is 1.13 bits per heavy atom. The monoisotopic (exact) mass is 429 g/mol. The Balaban J connectivity index is 1.52. The first-order valence-corrected chi connectivity index (χ1v) is 11.1. The molecule has 9 heteroatoms.